The van der Waals surface area contributed by atoms with Crippen molar-refractivity contribution < 1.29 is 24.0 Å². The normalized spacial score (nSPS) is 15.6. The van der Waals surface area contributed by atoms with Crippen LogP contribution in [0.4, 0.5) is 22.0 Å². The van der Waals surface area contributed by atoms with Crippen molar-refractivity contribution >= 4 is 35.1 Å². The van der Waals surface area contributed by atoms with E-state index in [0.29, 0.717) is 30.0 Å². The molecule has 13 nitrogen and oxygen atoms in total. The first-order chi connectivity index (χ1) is 16.7. The molecule has 0 aliphatic carbocycles. The van der Waals surface area contributed by atoms with E-state index in [1.165, 1.54) is 24.0 Å². The molecule has 0 radical (unpaired) electrons. The summed E-state index contributed by atoms with van der Waals surface area (Å²) in [6.07, 6.45) is -0.721. The lowest BCUT2D eigenvalue weighted by Crippen LogP contribution is -2.44. The van der Waals surface area contributed by atoms with Crippen molar-refractivity contribution in [2.45, 2.75) is 26.9 Å². The lowest BCUT2D eigenvalue weighted by molar-refractivity contribution is -0.384. The standard InChI is InChI=1S/C22H27N7O6/c1-4-35-22(32)28-19-13-27(14(2)30)12-16(19)20(24-28)23-21(31)15-5-6-17(18(11-15)29(33)34)26-9-7-25(3)8-10-26/h5-6,11H,4,7-10,12-13H2,1-3H3,(H,23,24,31). The van der Waals surface area contributed by atoms with Gasteiger partial charge in [0.25, 0.3) is 11.6 Å². The Morgan fingerprint density at radius 3 is 2.51 bits per heavy atom. The highest BCUT2D eigenvalue weighted by Gasteiger charge is 2.33. The second kappa shape index (κ2) is 9.70. The molecular formula is C22H27N7O6. The number of nitrogens with one attached hydrogen (secondary N) is 1. The molecule has 0 unspecified atom stereocenters. The number of ether oxygens (including phenoxy) is 1. The number of hydrogen-bond acceptors (Lipinski definition) is 9. The van der Waals surface area contributed by atoms with E-state index >= 15 is 0 Å². The summed E-state index contributed by atoms with van der Waals surface area (Å²) in [4.78, 5) is 54.2. The minimum Gasteiger partial charge on any atom is -0.448 e. The van der Waals surface area contributed by atoms with E-state index in [0.717, 1.165) is 17.8 Å². The molecule has 0 saturated carbocycles. The van der Waals surface area contributed by atoms with E-state index in [-0.39, 0.29) is 42.7 Å². The molecule has 0 atom stereocenters. The second-order valence-corrected chi connectivity index (χ2v) is 8.46. The Balaban J connectivity index is 1.61. The first-order valence-electron chi connectivity index (χ1n) is 11.3. The topological polar surface area (TPSA) is 143 Å². The number of anilines is 2. The Labute approximate surface area is 201 Å². The fraction of sp³-hybridized carbons (Fsp3) is 0.455. The van der Waals surface area contributed by atoms with Gasteiger partial charge in [0.05, 0.1) is 30.3 Å². The number of carbonyl (C=O) groups excluding carboxylic acids is 3. The van der Waals surface area contributed by atoms with Crippen molar-refractivity contribution in [3.63, 3.8) is 0 Å². The fourth-order valence-electron chi connectivity index (χ4n) is 4.21. The van der Waals surface area contributed by atoms with Gasteiger partial charge in [-0.15, -0.1) is 5.10 Å². The number of benzene rings is 1. The maximum atomic E-state index is 13.0. The van der Waals surface area contributed by atoms with Crippen LogP contribution in [0, 0.1) is 10.1 Å². The Morgan fingerprint density at radius 1 is 1.17 bits per heavy atom. The molecule has 2 aliphatic heterocycles. The summed E-state index contributed by atoms with van der Waals surface area (Å²) in [6.45, 7) is 6.38. The second-order valence-electron chi connectivity index (χ2n) is 8.46. The van der Waals surface area contributed by atoms with Crippen LogP contribution in [0.1, 0.15) is 35.5 Å². The number of aromatic nitrogens is 2. The van der Waals surface area contributed by atoms with Crippen molar-refractivity contribution in [1.82, 2.24) is 19.6 Å². The number of fused-ring (bicyclic) bond motifs is 1. The highest BCUT2D eigenvalue weighted by atomic mass is 16.6. The number of carbonyl (C=O) groups is 3. The van der Waals surface area contributed by atoms with E-state index in [1.54, 1.807) is 13.0 Å². The number of amides is 2. The zero-order chi connectivity index (χ0) is 25.3. The fourth-order valence-corrected chi connectivity index (χ4v) is 4.21. The van der Waals surface area contributed by atoms with E-state index in [9.17, 15) is 24.5 Å². The van der Waals surface area contributed by atoms with Gasteiger partial charge < -0.3 is 24.8 Å². The molecule has 35 heavy (non-hydrogen) atoms. The molecule has 0 spiro atoms. The zero-order valence-corrected chi connectivity index (χ0v) is 19.8. The number of nitrogens with zero attached hydrogens (tertiary/aromatic N) is 6. The van der Waals surface area contributed by atoms with Crippen LogP contribution in [-0.2, 0) is 22.6 Å². The van der Waals surface area contributed by atoms with Crippen LogP contribution in [0.5, 0.6) is 0 Å². The summed E-state index contributed by atoms with van der Waals surface area (Å²) in [5, 5.41) is 18.6. The Kier molecular flexibility index (Phi) is 6.69. The van der Waals surface area contributed by atoms with Crippen LogP contribution in [0.2, 0.25) is 0 Å². The van der Waals surface area contributed by atoms with Gasteiger partial charge in [-0.2, -0.15) is 4.68 Å². The van der Waals surface area contributed by atoms with Gasteiger partial charge in [-0.25, -0.2) is 4.79 Å². The van der Waals surface area contributed by atoms with Gasteiger partial charge in [-0.1, -0.05) is 0 Å². The number of likely N-dealkylation sites (N-methyl/N-ethyl adjacent to an activating group) is 1. The molecule has 2 aromatic rings. The lowest BCUT2D eigenvalue weighted by atomic mass is 10.1. The minimum atomic E-state index is -0.721. The predicted octanol–water partition coefficient (Wildman–Crippen LogP) is 1.66. The summed E-state index contributed by atoms with van der Waals surface area (Å²) in [6, 6.07) is 4.35. The summed E-state index contributed by atoms with van der Waals surface area (Å²) < 4.78 is 6.07. The molecule has 1 aromatic carbocycles. The molecule has 2 amide bonds. The van der Waals surface area contributed by atoms with Gasteiger partial charge in [-0.3, -0.25) is 19.7 Å². The maximum absolute atomic E-state index is 13.0. The monoisotopic (exact) mass is 485 g/mol. The molecule has 3 heterocycles. The Bertz CT molecular complexity index is 1190. The van der Waals surface area contributed by atoms with Crippen LogP contribution >= 0.6 is 0 Å². The van der Waals surface area contributed by atoms with Crippen LogP contribution < -0.4 is 10.2 Å². The number of hydrogen-bond donors (Lipinski definition) is 1. The molecule has 1 N–H and O–H groups in total. The SMILES string of the molecule is CCOC(=O)n1nc(NC(=O)c2ccc(N3CCN(C)CC3)c([N+](=O)[O-])c2)c2c1CN(C(C)=O)C2. The molecule has 1 fully saturated rings. The van der Waals surface area contributed by atoms with Gasteiger partial charge in [0.2, 0.25) is 5.91 Å². The molecule has 1 saturated heterocycles. The third kappa shape index (κ3) is 4.80. The highest BCUT2D eigenvalue weighted by Crippen LogP contribution is 2.32. The van der Waals surface area contributed by atoms with E-state index in [4.69, 9.17) is 4.74 Å². The number of rotatable bonds is 5. The van der Waals surface area contributed by atoms with Crippen LogP contribution in [0.3, 0.4) is 0 Å². The van der Waals surface area contributed by atoms with Gasteiger partial charge in [-0.05, 0) is 26.1 Å². The first kappa shape index (κ1) is 24.1. The summed E-state index contributed by atoms with van der Waals surface area (Å²) in [7, 11) is 1.99. The lowest BCUT2D eigenvalue weighted by Gasteiger charge is -2.33. The molecule has 13 heteroatoms. The average molecular weight is 486 g/mol. The van der Waals surface area contributed by atoms with Crippen molar-refractivity contribution in [3.05, 3.63) is 45.1 Å². The molecule has 1 aromatic heterocycles. The quantitative estimate of drug-likeness (QED) is 0.494. The van der Waals surface area contributed by atoms with Crippen molar-refractivity contribution in [3.8, 4) is 0 Å². The van der Waals surface area contributed by atoms with E-state index in [1.807, 2.05) is 11.9 Å². The smallest absolute Gasteiger partial charge is 0.435 e. The largest absolute Gasteiger partial charge is 0.448 e. The number of nitro benzene ring substituents is 1. The first-order valence-corrected chi connectivity index (χ1v) is 11.3. The zero-order valence-electron chi connectivity index (χ0n) is 19.8. The predicted molar refractivity (Wildman–Crippen MR) is 125 cm³/mol. The number of piperazine rings is 1. The van der Waals surface area contributed by atoms with Crippen molar-refractivity contribution in [2.24, 2.45) is 0 Å². The number of nitro groups is 1. The molecule has 2 aliphatic rings. The molecule has 0 bridgehead atoms. The Hall–Kier alpha value is -4.00. The molecular weight excluding hydrogens is 458 g/mol. The van der Waals surface area contributed by atoms with Gasteiger partial charge in [0.15, 0.2) is 5.82 Å². The highest BCUT2D eigenvalue weighted by molar-refractivity contribution is 6.05. The third-order valence-electron chi connectivity index (χ3n) is 6.18. The molecule has 186 valence electrons. The summed E-state index contributed by atoms with van der Waals surface area (Å²) >= 11 is 0. The van der Waals surface area contributed by atoms with Gasteiger partial charge >= 0.3 is 6.09 Å². The maximum Gasteiger partial charge on any atom is 0.435 e. The summed E-state index contributed by atoms with van der Waals surface area (Å²) in [5.41, 5.74) is 1.35. The van der Waals surface area contributed by atoms with Crippen molar-refractivity contribution in [2.75, 3.05) is 50.1 Å². The average Bonchev–Trinajstić information content (AvgIpc) is 3.40. The van der Waals surface area contributed by atoms with E-state index in [2.05, 4.69) is 15.3 Å². The van der Waals surface area contributed by atoms with Crippen LogP contribution in [0.15, 0.2) is 18.2 Å². The molecule has 4 rings (SSSR count). The van der Waals surface area contributed by atoms with Crippen LogP contribution in [-0.4, -0.2) is 82.2 Å². The van der Waals surface area contributed by atoms with Gasteiger partial charge in [0.1, 0.15) is 5.69 Å². The third-order valence-corrected chi connectivity index (χ3v) is 6.18. The Morgan fingerprint density at radius 2 is 1.89 bits per heavy atom. The van der Waals surface area contributed by atoms with Gasteiger partial charge in [0, 0.05) is 50.3 Å². The van der Waals surface area contributed by atoms with Crippen LogP contribution in [0.25, 0.3) is 0 Å². The van der Waals surface area contributed by atoms with E-state index < -0.39 is 16.9 Å². The minimum absolute atomic E-state index is 0.0791. The van der Waals surface area contributed by atoms with Crippen molar-refractivity contribution in [1.29, 1.82) is 0 Å². The summed E-state index contributed by atoms with van der Waals surface area (Å²) in [5.74, 6) is -0.702.